The van der Waals surface area contributed by atoms with Crippen LogP contribution in [0.3, 0.4) is 0 Å². The summed E-state index contributed by atoms with van der Waals surface area (Å²) in [5.74, 6) is -0.978. The number of carbonyl (C=O) groups excluding carboxylic acids is 1. The average Bonchev–Trinajstić information content (AvgIpc) is 2.37. The molecule has 5 nitrogen and oxygen atoms in total. The summed E-state index contributed by atoms with van der Waals surface area (Å²) in [6, 6.07) is 7.55. The van der Waals surface area contributed by atoms with Crippen LogP contribution in [0.4, 0.5) is 5.69 Å². The third kappa shape index (κ3) is 6.01. The number of rotatable bonds is 7. The fourth-order valence-corrected chi connectivity index (χ4v) is 1.64. The molecule has 1 aromatic carbocycles. The number of benzene rings is 1. The maximum absolute atomic E-state index is 11.8. The molecule has 0 aliphatic carbocycles. The number of aryl methyl sites for hydroxylation is 1. The van der Waals surface area contributed by atoms with Gasteiger partial charge in [-0.2, -0.15) is 0 Å². The molecule has 1 rings (SSSR count). The summed E-state index contributed by atoms with van der Waals surface area (Å²) >= 11 is 0. The zero-order valence-electron chi connectivity index (χ0n) is 11.3. The fraction of sp³-hybridized carbons (Fsp3) is 0.429. The Bertz CT molecular complexity index is 429. The minimum Gasteiger partial charge on any atom is -0.481 e. The molecular weight excluding hydrogens is 244 g/mol. The molecule has 0 heterocycles. The summed E-state index contributed by atoms with van der Waals surface area (Å²) in [6.07, 6.45) is 0.0473. The van der Waals surface area contributed by atoms with Gasteiger partial charge in [0, 0.05) is 12.2 Å². The van der Waals surface area contributed by atoms with Crippen LogP contribution >= 0.6 is 0 Å². The number of likely N-dealkylation sites (N-methyl/N-ethyl adjacent to an activating group) is 1. The highest BCUT2D eigenvalue weighted by molar-refractivity contribution is 5.92. The first-order chi connectivity index (χ1) is 9.01. The van der Waals surface area contributed by atoms with Crippen molar-refractivity contribution in [1.29, 1.82) is 0 Å². The zero-order chi connectivity index (χ0) is 14.3. The van der Waals surface area contributed by atoms with E-state index in [1.807, 2.05) is 38.1 Å². The molecule has 19 heavy (non-hydrogen) atoms. The van der Waals surface area contributed by atoms with Crippen LogP contribution in [0.2, 0.25) is 0 Å². The van der Waals surface area contributed by atoms with Gasteiger partial charge >= 0.3 is 5.97 Å². The Balaban J connectivity index is 2.44. The minimum absolute atomic E-state index is 0.0473. The molecular formula is C14H20N2O3. The highest BCUT2D eigenvalue weighted by Gasteiger charge is 2.10. The van der Waals surface area contributed by atoms with Gasteiger partial charge < -0.3 is 10.4 Å². The standard InChI is InChI=1S/C14H20N2O3/c1-3-16(9-8-14(18)19)10-13(17)15-12-6-4-11(2)5-7-12/h4-7H,3,8-10H2,1-2H3,(H,15,17)(H,18,19). The van der Waals surface area contributed by atoms with Crippen molar-refractivity contribution in [2.45, 2.75) is 20.3 Å². The van der Waals surface area contributed by atoms with Gasteiger partial charge in [0.15, 0.2) is 0 Å². The number of amides is 1. The summed E-state index contributed by atoms with van der Waals surface area (Å²) in [4.78, 5) is 24.1. The van der Waals surface area contributed by atoms with Crippen molar-refractivity contribution in [1.82, 2.24) is 4.90 Å². The third-order valence-electron chi connectivity index (χ3n) is 2.79. The predicted molar refractivity (Wildman–Crippen MR) is 74.2 cm³/mol. The van der Waals surface area contributed by atoms with E-state index in [2.05, 4.69) is 5.32 Å². The molecule has 0 aliphatic rings. The lowest BCUT2D eigenvalue weighted by molar-refractivity contribution is -0.137. The van der Waals surface area contributed by atoms with Crippen LogP contribution in [-0.4, -0.2) is 41.5 Å². The van der Waals surface area contributed by atoms with Gasteiger partial charge in [-0.05, 0) is 25.6 Å². The van der Waals surface area contributed by atoms with Crippen molar-refractivity contribution in [3.63, 3.8) is 0 Å². The summed E-state index contributed by atoms with van der Waals surface area (Å²) in [6.45, 7) is 5.12. The molecule has 0 radical (unpaired) electrons. The molecule has 5 heteroatoms. The van der Waals surface area contributed by atoms with Crippen LogP contribution in [0.25, 0.3) is 0 Å². The summed E-state index contributed by atoms with van der Waals surface area (Å²) < 4.78 is 0. The molecule has 0 saturated carbocycles. The average molecular weight is 264 g/mol. The number of hydrogen-bond acceptors (Lipinski definition) is 3. The molecule has 0 atom stereocenters. The molecule has 0 bridgehead atoms. The largest absolute Gasteiger partial charge is 0.481 e. The van der Waals surface area contributed by atoms with Crippen molar-refractivity contribution in [3.8, 4) is 0 Å². The first kappa shape index (κ1) is 15.2. The van der Waals surface area contributed by atoms with Crippen molar-refractivity contribution < 1.29 is 14.7 Å². The van der Waals surface area contributed by atoms with Crippen molar-refractivity contribution in [2.24, 2.45) is 0 Å². The summed E-state index contributed by atoms with van der Waals surface area (Å²) in [5.41, 5.74) is 1.89. The molecule has 104 valence electrons. The first-order valence-corrected chi connectivity index (χ1v) is 6.32. The molecule has 1 amide bonds. The van der Waals surface area contributed by atoms with E-state index in [9.17, 15) is 9.59 Å². The van der Waals surface area contributed by atoms with Gasteiger partial charge in [-0.1, -0.05) is 24.6 Å². The Labute approximate surface area is 113 Å². The summed E-state index contributed by atoms with van der Waals surface area (Å²) in [7, 11) is 0. The molecule has 1 aromatic rings. The highest BCUT2D eigenvalue weighted by Crippen LogP contribution is 2.08. The van der Waals surface area contributed by atoms with Crippen molar-refractivity contribution >= 4 is 17.6 Å². The van der Waals surface area contributed by atoms with Crippen molar-refractivity contribution in [3.05, 3.63) is 29.8 Å². The van der Waals surface area contributed by atoms with E-state index in [1.165, 1.54) is 0 Å². The van der Waals surface area contributed by atoms with E-state index in [0.29, 0.717) is 13.1 Å². The second-order valence-electron chi connectivity index (χ2n) is 4.43. The van der Waals surface area contributed by atoms with E-state index in [1.54, 1.807) is 4.90 Å². The molecule has 0 aromatic heterocycles. The molecule has 0 spiro atoms. The second-order valence-corrected chi connectivity index (χ2v) is 4.43. The Morgan fingerprint density at radius 2 is 1.89 bits per heavy atom. The lowest BCUT2D eigenvalue weighted by Crippen LogP contribution is -2.34. The van der Waals surface area contributed by atoms with Gasteiger partial charge in [-0.25, -0.2) is 0 Å². The maximum atomic E-state index is 11.8. The zero-order valence-corrected chi connectivity index (χ0v) is 11.3. The number of hydrogen-bond donors (Lipinski definition) is 2. The fourth-order valence-electron chi connectivity index (χ4n) is 1.64. The minimum atomic E-state index is -0.850. The van der Waals surface area contributed by atoms with Crippen LogP contribution < -0.4 is 5.32 Å². The van der Waals surface area contributed by atoms with E-state index >= 15 is 0 Å². The van der Waals surface area contributed by atoms with Gasteiger partial charge in [-0.15, -0.1) is 0 Å². The number of carbonyl (C=O) groups is 2. The van der Waals surface area contributed by atoms with Crippen LogP contribution in [0.5, 0.6) is 0 Å². The lowest BCUT2D eigenvalue weighted by atomic mass is 10.2. The van der Waals surface area contributed by atoms with E-state index in [-0.39, 0.29) is 18.9 Å². The van der Waals surface area contributed by atoms with Crippen LogP contribution in [0.1, 0.15) is 18.9 Å². The molecule has 0 fully saturated rings. The van der Waals surface area contributed by atoms with E-state index < -0.39 is 5.97 Å². The van der Waals surface area contributed by atoms with Gasteiger partial charge in [0.05, 0.1) is 13.0 Å². The highest BCUT2D eigenvalue weighted by atomic mass is 16.4. The van der Waals surface area contributed by atoms with Gasteiger partial charge in [0.1, 0.15) is 0 Å². The topological polar surface area (TPSA) is 69.6 Å². The van der Waals surface area contributed by atoms with E-state index in [4.69, 9.17) is 5.11 Å². The van der Waals surface area contributed by atoms with Gasteiger partial charge in [0.2, 0.25) is 5.91 Å². The monoisotopic (exact) mass is 264 g/mol. The molecule has 2 N–H and O–H groups in total. The Morgan fingerprint density at radius 3 is 2.42 bits per heavy atom. The third-order valence-corrected chi connectivity index (χ3v) is 2.79. The number of anilines is 1. The number of carboxylic acid groups (broad SMARTS) is 1. The smallest absolute Gasteiger partial charge is 0.304 e. The van der Waals surface area contributed by atoms with Gasteiger partial charge in [0.25, 0.3) is 0 Å². The van der Waals surface area contributed by atoms with Crippen LogP contribution in [0.15, 0.2) is 24.3 Å². The van der Waals surface area contributed by atoms with Crippen LogP contribution in [-0.2, 0) is 9.59 Å². The second kappa shape index (κ2) is 7.53. The lowest BCUT2D eigenvalue weighted by Gasteiger charge is -2.18. The molecule has 0 unspecified atom stereocenters. The predicted octanol–water partition coefficient (Wildman–Crippen LogP) is 1.73. The number of carboxylic acids is 1. The molecule has 0 saturated heterocycles. The maximum Gasteiger partial charge on any atom is 0.304 e. The Kier molecular flexibility index (Phi) is 6.02. The normalized spacial score (nSPS) is 10.5. The van der Waals surface area contributed by atoms with Crippen molar-refractivity contribution in [2.75, 3.05) is 25.0 Å². The summed E-state index contributed by atoms with van der Waals surface area (Å²) in [5, 5.41) is 11.4. The number of aliphatic carboxylic acids is 1. The SMILES string of the molecule is CCN(CCC(=O)O)CC(=O)Nc1ccc(C)cc1. The number of nitrogens with zero attached hydrogens (tertiary/aromatic N) is 1. The molecule has 0 aliphatic heterocycles. The quantitative estimate of drug-likeness (QED) is 0.787. The first-order valence-electron chi connectivity index (χ1n) is 6.32. The van der Waals surface area contributed by atoms with Crippen LogP contribution in [0, 0.1) is 6.92 Å². The number of nitrogens with one attached hydrogen (secondary N) is 1. The Morgan fingerprint density at radius 1 is 1.26 bits per heavy atom. The Hall–Kier alpha value is -1.88. The van der Waals surface area contributed by atoms with E-state index in [0.717, 1.165) is 11.3 Å². The van der Waals surface area contributed by atoms with Gasteiger partial charge in [-0.3, -0.25) is 14.5 Å².